The second kappa shape index (κ2) is 7.18. The van der Waals surface area contributed by atoms with Gasteiger partial charge in [-0.1, -0.05) is 0 Å². The number of ether oxygens (including phenoxy) is 1. The molecule has 2 N–H and O–H groups in total. The molecule has 5 nitrogen and oxygen atoms in total. The third-order valence-electron chi connectivity index (χ3n) is 4.40. The van der Waals surface area contributed by atoms with Crippen molar-refractivity contribution in [2.45, 2.75) is 77.1 Å². The molecule has 0 aromatic heterocycles. The summed E-state index contributed by atoms with van der Waals surface area (Å²) in [5, 5.41) is 13.6. The zero-order valence-corrected chi connectivity index (χ0v) is 14.7. The van der Waals surface area contributed by atoms with Crippen LogP contribution >= 0.6 is 0 Å². The molecule has 0 aromatic carbocycles. The Morgan fingerprint density at radius 3 is 2.41 bits per heavy atom. The summed E-state index contributed by atoms with van der Waals surface area (Å²) in [4.78, 5) is 6.97. The average Bonchev–Trinajstić information content (AvgIpc) is 2.41. The lowest BCUT2D eigenvalue weighted by atomic mass is 9.80. The van der Waals surface area contributed by atoms with E-state index in [1.807, 2.05) is 0 Å². The number of hydrogen-bond donors (Lipinski definition) is 2. The zero-order chi connectivity index (χ0) is 16.2. The monoisotopic (exact) mass is 311 g/mol. The highest BCUT2D eigenvalue weighted by Crippen LogP contribution is 2.31. The number of likely N-dealkylation sites (tertiary alicyclic amines) is 1. The van der Waals surface area contributed by atoms with Crippen LogP contribution in [-0.4, -0.2) is 59.5 Å². The molecule has 0 amide bonds. The van der Waals surface area contributed by atoms with E-state index in [2.05, 4.69) is 42.9 Å². The minimum Gasteiger partial charge on any atom is -0.388 e. The lowest BCUT2D eigenvalue weighted by Crippen LogP contribution is -2.49. The summed E-state index contributed by atoms with van der Waals surface area (Å²) >= 11 is 0. The Kier molecular flexibility index (Phi) is 5.72. The maximum absolute atomic E-state index is 10.2. The lowest BCUT2D eigenvalue weighted by Gasteiger charge is -2.38. The molecule has 0 unspecified atom stereocenters. The Hall–Kier alpha value is -0.810. The predicted octanol–water partition coefficient (Wildman–Crippen LogP) is 2.15. The molecule has 2 fully saturated rings. The van der Waals surface area contributed by atoms with E-state index in [1.165, 1.54) is 0 Å². The number of piperidine rings is 1. The number of aliphatic imine (C=N–C) groups is 1. The number of hydrogen-bond acceptors (Lipinski definition) is 3. The van der Waals surface area contributed by atoms with Crippen LogP contribution in [0.2, 0.25) is 0 Å². The van der Waals surface area contributed by atoms with Gasteiger partial charge in [0.2, 0.25) is 0 Å². The van der Waals surface area contributed by atoms with Gasteiger partial charge in [-0.2, -0.15) is 0 Å². The maximum Gasteiger partial charge on any atom is 0.194 e. The fourth-order valence-electron chi connectivity index (χ4n) is 3.08. The van der Waals surface area contributed by atoms with Crippen molar-refractivity contribution in [3.8, 4) is 0 Å². The van der Waals surface area contributed by atoms with Crippen LogP contribution in [0.15, 0.2) is 4.99 Å². The Morgan fingerprint density at radius 2 is 1.95 bits per heavy atom. The van der Waals surface area contributed by atoms with Crippen LogP contribution in [0.1, 0.15) is 59.8 Å². The first-order valence-corrected chi connectivity index (χ1v) is 8.75. The highest BCUT2D eigenvalue weighted by Gasteiger charge is 2.34. The van der Waals surface area contributed by atoms with E-state index in [4.69, 9.17) is 4.74 Å². The fraction of sp³-hybridized carbons (Fsp3) is 0.941. The molecule has 1 aliphatic heterocycles. The SMILES string of the molecule is CCNC(=NCC1(O)CCC1)N1CCC(OC(C)(C)C)CC1. The molecule has 0 spiro atoms. The standard InChI is InChI=1S/C17H33N3O2/c1-5-18-15(19-13-17(21)9-6-10-17)20-11-7-14(8-12-20)22-16(2,3)4/h14,21H,5-13H2,1-4H3,(H,18,19). The molecule has 2 rings (SSSR count). The predicted molar refractivity (Wildman–Crippen MR) is 90.2 cm³/mol. The van der Waals surface area contributed by atoms with Crippen LogP contribution < -0.4 is 5.32 Å². The van der Waals surface area contributed by atoms with Crippen LogP contribution in [-0.2, 0) is 4.74 Å². The van der Waals surface area contributed by atoms with E-state index < -0.39 is 5.60 Å². The molecule has 1 heterocycles. The first kappa shape index (κ1) is 17.5. The first-order chi connectivity index (χ1) is 10.3. The molecule has 5 heteroatoms. The molecule has 1 saturated carbocycles. The second-order valence-electron chi connectivity index (χ2n) is 7.66. The van der Waals surface area contributed by atoms with Gasteiger partial charge in [-0.25, -0.2) is 0 Å². The smallest absolute Gasteiger partial charge is 0.194 e. The molecule has 2 aliphatic rings. The topological polar surface area (TPSA) is 57.1 Å². The molecular weight excluding hydrogens is 278 g/mol. The van der Waals surface area contributed by atoms with Crippen molar-refractivity contribution >= 4 is 5.96 Å². The Bertz CT molecular complexity index is 378. The highest BCUT2D eigenvalue weighted by molar-refractivity contribution is 5.80. The average molecular weight is 311 g/mol. The summed E-state index contributed by atoms with van der Waals surface area (Å²) in [6, 6.07) is 0. The van der Waals surface area contributed by atoms with Crippen molar-refractivity contribution in [1.82, 2.24) is 10.2 Å². The molecule has 1 saturated heterocycles. The summed E-state index contributed by atoms with van der Waals surface area (Å²) < 4.78 is 6.08. The van der Waals surface area contributed by atoms with Crippen LogP contribution in [0, 0.1) is 0 Å². The van der Waals surface area contributed by atoms with Gasteiger partial charge >= 0.3 is 0 Å². The van der Waals surface area contributed by atoms with Crippen LogP contribution in [0.4, 0.5) is 0 Å². The van der Waals surface area contributed by atoms with Crippen molar-refractivity contribution in [3.05, 3.63) is 0 Å². The minimum atomic E-state index is -0.547. The second-order valence-corrected chi connectivity index (χ2v) is 7.66. The quantitative estimate of drug-likeness (QED) is 0.617. The van der Waals surface area contributed by atoms with Crippen molar-refractivity contribution in [2.75, 3.05) is 26.2 Å². The van der Waals surface area contributed by atoms with Gasteiger partial charge in [0, 0.05) is 19.6 Å². The molecular formula is C17H33N3O2. The molecule has 0 bridgehead atoms. The zero-order valence-electron chi connectivity index (χ0n) is 14.7. The molecule has 1 aliphatic carbocycles. The van der Waals surface area contributed by atoms with Gasteiger partial charge in [-0.3, -0.25) is 4.99 Å². The molecule has 0 aromatic rings. The molecule has 0 radical (unpaired) electrons. The molecule has 22 heavy (non-hydrogen) atoms. The van der Waals surface area contributed by atoms with Gasteiger partial charge in [0.25, 0.3) is 0 Å². The van der Waals surface area contributed by atoms with Crippen molar-refractivity contribution < 1.29 is 9.84 Å². The first-order valence-electron chi connectivity index (χ1n) is 8.75. The van der Waals surface area contributed by atoms with Crippen LogP contribution in [0.3, 0.4) is 0 Å². The Balaban J connectivity index is 1.86. The Labute approximate surface area is 135 Å². The van der Waals surface area contributed by atoms with Gasteiger partial charge in [0.1, 0.15) is 0 Å². The van der Waals surface area contributed by atoms with E-state index in [9.17, 15) is 5.11 Å². The number of nitrogens with zero attached hydrogens (tertiary/aromatic N) is 2. The molecule has 128 valence electrons. The van der Waals surface area contributed by atoms with Crippen molar-refractivity contribution in [2.24, 2.45) is 4.99 Å². The summed E-state index contributed by atoms with van der Waals surface area (Å²) in [7, 11) is 0. The van der Waals surface area contributed by atoms with Gasteiger partial charge in [0.05, 0.1) is 23.9 Å². The normalized spacial score (nSPS) is 23.3. The van der Waals surface area contributed by atoms with Crippen LogP contribution in [0.25, 0.3) is 0 Å². The van der Waals surface area contributed by atoms with Gasteiger partial charge in [-0.05, 0) is 59.8 Å². The van der Waals surface area contributed by atoms with E-state index in [0.717, 1.165) is 57.7 Å². The highest BCUT2D eigenvalue weighted by atomic mass is 16.5. The summed E-state index contributed by atoms with van der Waals surface area (Å²) in [6.07, 6.45) is 5.31. The third-order valence-corrected chi connectivity index (χ3v) is 4.40. The number of rotatable bonds is 4. The summed E-state index contributed by atoms with van der Waals surface area (Å²) in [6.45, 7) is 11.7. The largest absolute Gasteiger partial charge is 0.388 e. The number of aliphatic hydroxyl groups is 1. The lowest BCUT2D eigenvalue weighted by molar-refractivity contribution is -0.0773. The van der Waals surface area contributed by atoms with Crippen molar-refractivity contribution in [1.29, 1.82) is 0 Å². The van der Waals surface area contributed by atoms with Gasteiger partial charge < -0.3 is 20.1 Å². The van der Waals surface area contributed by atoms with Gasteiger partial charge in [-0.15, -0.1) is 0 Å². The minimum absolute atomic E-state index is 0.0705. The van der Waals surface area contributed by atoms with Gasteiger partial charge in [0.15, 0.2) is 5.96 Å². The molecule has 0 atom stereocenters. The Morgan fingerprint density at radius 1 is 1.32 bits per heavy atom. The summed E-state index contributed by atoms with van der Waals surface area (Å²) in [5.74, 6) is 0.942. The third kappa shape index (κ3) is 5.13. The fourth-order valence-corrected chi connectivity index (χ4v) is 3.08. The maximum atomic E-state index is 10.2. The van der Waals surface area contributed by atoms with Crippen molar-refractivity contribution in [3.63, 3.8) is 0 Å². The van der Waals surface area contributed by atoms with E-state index in [0.29, 0.717) is 12.6 Å². The van der Waals surface area contributed by atoms with E-state index in [-0.39, 0.29) is 5.60 Å². The van der Waals surface area contributed by atoms with E-state index >= 15 is 0 Å². The summed E-state index contributed by atoms with van der Waals surface area (Å²) in [5.41, 5.74) is -0.618. The van der Waals surface area contributed by atoms with Crippen LogP contribution in [0.5, 0.6) is 0 Å². The number of guanidine groups is 1. The van der Waals surface area contributed by atoms with E-state index in [1.54, 1.807) is 0 Å². The number of nitrogens with one attached hydrogen (secondary N) is 1.